The second-order valence-electron chi connectivity index (χ2n) is 5.19. The van der Waals surface area contributed by atoms with Crippen LogP contribution >= 0.6 is 0 Å². The Morgan fingerprint density at radius 2 is 2.16 bits per heavy atom. The molecule has 1 amide bonds. The van der Waals surface area contributed by atoms with E-state index in [0.29, 0.717) is 0 Å². The van der Waals surface area contributed by atoms with E-state index in [0.717, 1.165) is 50.4 Å². The van der Waals surface area contributed by atoms with Crippen LogP contribution < -0.4 is 10.2 Å². The average Bonchev–Trinajstić information content (AvgIpc) is 2.45. The summed E-state index contributed by atoms with van der Waals surface area (Å²) in [5.41, 5.74) is 1.04. The Labute approximate surface area is 115 Å². The van der Waals surface area contributed by atoms with Gasteiger partial charge in [0, 0.05) is 31.2 Å². The van der Waals surface area contributed by atoms with E-state index in [1.54, 1.807) is 0 Å². The molecule has 0 bridgehead atoms. The van der Waals surface area contributed by atoms with Gasteiger partial charge in [0.1, 0.15) is 5.82 Å². The minimum Gasteiger partial charge on any atom is -0.357 e. The number of nitrogens with zero attached hydrogens (tertiary/aromatic N) is 2. The number of aryl methyl sites for hydroxylation is 1. The highest BCUT2D eigenvalue weighted by atomic mass is 16.1. The molecule has 1 saturated heterocycles. The minimum absolute atomic E-state index is 0.174. The van der Waals surface area contributed by atoms with Crippen molar-refractivity contribution in [3.8, 4) is 0 Å². The summed E-state index contributed by atoms with van der Waals surface area (Å²) in [4.78, 5) is 18.7. The number of piperidine rings is 1. The normalized spacial score (nSPS) is 16.4. The molecule has 104 valence electrons. The second kappa shape index (κ2) is 6.55. The maximum absolute atomic E-state index is 11.9. The van der Waals surface area contributed by atoms with Crippen LogP contribution in [0.5, 0.6) is 0 Å². The molecule has 0 aromatic carbocycles. The van der Waals surface area contributed by atoms with Gasteiger partial charge in [-0.15, -0.1) is 0 Å². The number of rotatable bonds is 4. The number of carbonyl (C=O) groups is 1. The van der Waals surface area contributed by atoms with Crippen molar-refractivity contribution in [1.82, 2.24) is 10.3 Å². The molecule has 4 nitrogen and oxygen atoms in total. The summed E-state index contributed by atoms with van der Waals surface area (Å²) in [5.74, 6) is 1.43. The van der Waals surface area contributed by atoms with Crippen molar-refractivity contribution in [1.29, 1.82) is 0 Å². The maximum atomic E-state index is 11.9. The molecular formula is C15H23N3O. The van der Waals surface area contributed by atoms with Crippen LogP contribution in [0.15, 0.2) is 18.2 Å². The van der Waals surface area contributed by atoms with Crippen LogP contribution in [-0.2, 0) is 4.79 Å². The smallest absolute Gasteiger partial charge is 0.223 e. The van der Waals surface area contributed by atoms with E-state index in [1.807, 2.05) is 25.1 Å². The molecule has 0 spiro atoms. The van der Waals surface area contributed by atoms with Crippen LogP contribution in [0.3, 0.4) is 0 Å². The van der Waals surface area contributed by atoms with E-state index >= 15 is 0 Å². The van der Waals surface area contributed by atoms with Gasteiger partial charge < -0.3 is 10.2 Å². The van der Waals surface area contributed by atoms with Crippen LogP contribution in [0.25, 0.3) is 0 Å². The third-order valence-electron chi connectivity index (χ3n) is 3.61. The molecule has 0 unspecified atom stereocenters. The molecule has 2 rings (SSSR count). The lowest BCUT2D eigenvalue weighted by Gasteiger charge is -2.32. The van der Waals surface area contributed by atoms with Crippen LogP contribution in [0.4, 0.5) is 5.82 Å². The molecule has 2 heterocycles. The molecule has 19 heavy (non-hydrogen) atoms. The van der Waals surface area contributed by atoms with Gasteiger partial charge in [-0.05, 0) is 38.3 Å². The average molecular weight is 261 g/mol. The van der Waals surface area contributed by atoms with Crippen LogP contribution in [-0.4, -0.2) is 30.5 Å². The SMILES string of the molecule is CCCNC(=O)C1CCN(c2cccc(C)n2)CC1. The van der Waals surface area contributed by atoms with Gasteiger partial charge in [0.2, 0.25) is 5.91 Å². The predicted molar refractivity (Wildman–Crippen MR) is 77.2 cm³/mol. The monoisotopic (exact) mass is 261 g/mol. The zero-order valence-corrected chi connectivity index (χ0v) is 11.9. The molecular weight excluding hydrogens is 238 g/mol. The van der Waals surface area contributed by atoms with Gasteiger partial charge in [-0.3, -0.25) is 4.79 Å². The molecule has 1 aliphatic rings. The standard InChI is InChI=1S/C15H23N3O/c1-3-9-16-15(19)13-7-10-18(11-8-13)14-6-4-5-12(2)17-14/h4-6,13H,3,7-11H2,1-2H3,(H,16,19). The lowest BCUT2D eigenvalue weighted by molar-refractivity contribution is -0.125. The molecule has 1 N–H and O–H groups in total. The van der Waals surface area contributed by atoms with E-state index in [2.05, 4.69) is 22.1 Å². The molecule has 1 aromatic heterocycles. The second-order valence-corrected chi connectivity index (χ2v) is 5.19. The summed E-state index contributed by atoms with van der Waals surface area (Å²) < 4.78 is 0. The van der Waals surface area contributed by atoms with Gasteiger partial charge in [0.05, 0.1) is 0 Å². The molecule has 0 radical (unpaired) electrons. The first-order valence-corrected chi connectivity index (χ1v) is 7.17. The fourth-order valence-corrected chi connectivity index (χ4v) is 2.47. The number of pyridine rings is 1. The number of anilines is 1. The van der Waals surface area contributed by atoms with Crippen LogP contribution in [0.1, 0.15) is 31.9 Å². The van der Waals surface area contributed by atoms with E-state index in [-0.39, 0.29) is 11.8 Å². The molecule has 0 atom stereocenters. The summed E-state index contributed by atoms with van der Waals surface area (Å²) in [7, 11) is 0. The zero-order valence-electron chi connectivity index (χ0n) is 11.9. The molecule has 1 aliphatic heterocycles. The topological polar surface area (TPSA) is 45.2 Å². The van der Waals surface area contributed by atoms with Crippen molar-refractivity contribution < 1.29 is 4.79 Å². The number of nitrogens with one attached hydrogen (secondary N) is 1. The zero-order chi connectivity index (χ0) is 13.7. The van der Waals surface area contributed by atoms with Crippen molar-refractivity contribution >= 4 is 11.7 Å². The Kier molecular flexibility index (Phi) is 4.77. The van der Waals surface area contributed by atoms with E-state index < -0.39 is 0 Å². The molecule has 0 aliphatic carbocycles. The highest BCUT2D eigenvalue weighted by Gasteiger charge is 2.25. The van der Waals surface area contributed by atoms with Gasteiger partial charge in [-0.1, -0.05) is 13.0 Å². The molecule has 4 heteroatoms. The summed E-state index contributed by atoms with van der Waals surface area (Å²) in [6.07, 6.45) is 2.84. The van der Waals surface area contributed by atoms with Crippen molar-refractivity contribution in [2.45, 2.75) is 33.1 Å². The first-order chi connectivity index (χ1) is 9.20. The fraction of sp³-hybridized carbons (Fsp3) is 0.600. The number of hydrogen-bond donors (Lipinski definition) is 1. The Hall–Kier alpha value is -1.58. The highest BCUT2D eigenvalue weighted by Crippen LogP contribution is 2.22. The number of carbonyl (C=O) groups excluding carboxylic acids is 1. The lowest BCUT2D eigenvalue weighted by atomic mass is 9.96. The Morgan fingerprint density at radius 3 is 2.79 bits per heavy atom. The van der Waals surface area contributed by atoms with Crippen molar-refractivity contribution in [2.75, 3.05) is 24.5 Å². The Balaban J connectivity index is 1.87. The number of hydrogen-bond acceptors (Lipinski definition) is 3. The quantitative estimate of drug-likeness (QED) is 0.903. The van der Waals surface area contributed by atoms with E-state index in [4.69, 9.17) is 0 Å². The molecule has 1 aromatic rings. The number of aromatic nitrogens is 1. The summed E-state index contributed by atoms with van der Waals surface area (Å²) in [6.45, 7) is 6.71. The molecule has 1 fully saturated rings. The minimum atomic E-state index is 0.174. The van der Waals surface area contributed by atoms with E-state index in [1.165, 1.54) is 0 Å². The van der Waals surface area contributed by atoms with Gasteiger partial charge in [0.25, 0.3) is 0 Å². The molecule has 0 saturated carbocycles. The largest absolute Gasteiger partial charge is 0.357 e. The Bertz CT molecular complexity index is 425. The van der Waals surface area contributed by atoms with Crippen molar-refractivity contribution in [3.63, 3.8) is 0 Å². The summed E-state index contributed by atoms with van der Waals surface area (Å²) in [5, 5.41) is 2.99. The lowest BCUT2D eigenvalue weighted by Crippen LogP contribution is -2.41. The summed E-state index contributed by atoms with van der Waals surface area (Å²) >= 11 is 0. The van der Waals surface area contributed by atoms with Crippen molar-refractivity contribution in [3.05, 3.63) is 23.9 Å². The first-order valence-electron chi connectivity index (χ1n) is 7.17. The van der Waals surface area contributed by atoms with Gasteiger partial charge in [0.15, 0.2) is 0 Å². The fourth-order valence-electron chi connectivity index (χ4n) is 2.47. The van der Waals surface area contributed by atoms with Crippen LogP contribution in [0, 0.1) is 12.8 Å². The maximum Gasteiger partial charge on any atom is 0.223 e. The Morgan fingerprint density at radius 1 is 1.42 bits per heavy atom. The highest BCUT2D eigenvalue weighted by molar-refractivity contribution is 5.78. The predicted octanol–water partition coefficient (Wildman–Crippen LogP) is 2.13. The third kappa shape index (κ3) is 3.69. The first kappa shape index (κ1) is 13.8. The van der Waals surface area contributed by atoms with Gasteiger partial charge >= 0.3 is 0 Å². The third-order valence-corrected chi connectivity index (χ3v) is 3.61. The van der Waals surface area contributed by atoms with Gasteiger partial charge in [-0.2, -0.15) is 0 Å². The van der Waals surface area contributed by atoms with Crippen molar-refractivity contribution in [2.24, 2.45) is 5.92 Å². The van der Waals surface area contributed by atoms with Gasteiger partial charge in [-0.25, -0.2) is 4.98 Å². The summed E-state index contributed by atoms with van der Waals surface area (Å²) in [6, 6.07) is 6.09. The number of amides is 1. The van der Waals surface area contributed by atoms with E-state index in [9.17, 15) is 4.79 Å². The van der Waals surface area contributed by atoms with Crippen LogP contribution in [0.2, 0.25) is 0 Å².